The van der Waals surface area contributed by atoms with Crippen LogP contribution in [0.1, 0.15) is 44.1 Å². The minimum atomic E-state index is 0.210. The first-order valence-electron chi connectivity index (χ1n) is 6.74. The van der Waals surface area contributed by atoms with Crippen molar-refractivity contribution in [3.05, 3.63) is 27.3 Å². The van der Waals surface area contributed by atoms with Gasteiger partial charge in [-0.2, -0.15) is 0 Å². The maximum Gasteiger partial charge on any atom is 0.227 e. The molecule has 1 aromatic carbocycles. The zero-order valence-electron chi connectivity index (χ0n) is 10.8. The number of amides is 1. The fourth-order valence-electron chi connectivity index (χ4n) is 2.52. The zero-order valence-corrected chi connectivity index (χ0v) is 13.0. The zero-order chi connectivity index (χ0) is 13.0. The molecule has 0 aliphatic heterocycles. The minimum Gasteiger partial charge on any atom is -0.326 e. The highest BCUT2D eigenvalue weighted by atomic mass is 127. The molecule has 1 aliphatic carbocycles. The van der Waals surface area contributed by atoms with Crippen molar-refractivity contribution in [1.29, 1.82) is 0 Å². The monoisotopic (exact) mass is 357 g/mol. The van der Waals surface area contributed by atoms with E-state index in [1.807, 2.05) is 12.1 Å². The second kappa shape index (κ2) is 6.55. The first kappa shape index (κ1) is 13.8. The molecule has 1 N–H and O–H groups in total. The molecule has 2 rings (SSSR count). The highest BCUT2D eigenvalue weighted by Crippen LogP contribution is 2.26. The number of carbonyl (C=O) groups is 1. The van der Waals surface area contributed by atoms with Crippen LogP contribution in [0.25, 0.3) is 0 Å². The molecule has 0 radical (unpaired) electrons. The summed E-state index contributed by atoms with van der Waals surface area (Å²) < 4.78 is 1.20. The predicted molar refractivity (Wildman–Crippen MR) is 83.7 cm³/mol. The Balaban J connectivity index is 2.03. The molecular formula is C15H20INO. The molecular weight excluding hydrogens is 337 g/mol. The van der Waals surface area contributed by atoms with Crippen molar-refractivity contribution in [2.24, 2.45) is 5.92 Å². The number of carbonyl (C=O) groups excluding carboxylic acids is 1. The van der Waals surface area contributed by atoms with Crippen molar-refractivity contribution >= 4 is 34.2 Å². The van der Waals surface area contributed by atoms with E-state index in [4.69, 9.17) is 0 Å². The number of halogens is 1. The smallest absolute Gasteiger partial charge is 0.227 e. The fourth-order valence-corrected chi connectivity index (χ4v) is 3.02. The lowest BCUT2D eigenvalue weighted by atomic mass is 9.99. The maximum absolute atomic E-state index is 12.3. The van der Waals surface area contributed by atoms with E-state index in [0.717, 1.165) is 18.5 Å². The second-order valence-electron chi connectivity index (χ2n) is 5.09. The van der Waals surface area contributed by atoms with Gasteiger partial charge in [0, 0.05) is 15.2 Å². The van der Waals surface area contributed by atoms with Gasteiger partial charge in [0.1, 0.15) is 0 Å². The molecule has 0 heterocycles. The lowest BCUT2D eigenvalue weighted by Crippen LogP contribution is -2.22. The van der Waals surface area contributed by atoms with Gasteiger partial charge in [0.2, 0.25) is 5.91 Å². The SMILES string of the molecule is Cc1c(I)cccc1NC(=O)C1CCCCCC1. The predicted octanol–water partition coefficient (Wildman–Crippen LogP) is 4.51. The average Bonchev–Trinajstić information content (AvgIpc) is 2.63. The van der Waals surface area contributed by atoms with Crippen molar-refractivity contribution in [3.63, 3.8) is 0 Å². The normalized spacial score (nSPS) is 17.2. The number of hydrogen-bond donors (Lipinski definition) is 1. The first-order valence-corrected chi connectivity index (χ1v) is 7.82. The van der Waals surface area contributed by atoms with Crippen LogP contribution in [-0.2, 0) is 4.79 Å². The van der Waals surface area contributed by atoms with Gasteiger partial charge in [-0.15, -0.1) is 0 Å². The molecule has 1 aliphatic rings. The fraction of sp³-hybridized carbons (Fsp3) is 0.533. The van der Waals surface area contributed by atoms with Crippen LogP contribution in [0.4, 0.5) is 5.69 Å². The summed E-state index contributed by atoms with van der Waals surface area (Å²) in [7, 11) is 0. The topological polar surface area (TPSA) is 29.1 Å². The Morgan fingerprint density at radius 2 is 1.89 bits per heavy atom. The summed E-state index contributed by atoms with van der Waals surface area (Å²) in [6, 6.07) is 6.06. The van der Waals surface area contributed by atoms with Gasteiger partial charge in [0.25, 0.3) is 0 Å². The molecule has 0 saturated heterocycles. The molecule has 0 bridgehead atoms. The van der Waals surface area contributed by atoms with E-state index < -0.39 is 0 Å². The van der Waals surface area contributed by atoms with Crippen LogP contribution in [0.15, 0.2) is 18.2 Å². The minimum absolute atomic E-state index is 0.210. The summed E-state index contributed by atoms with van der Waals surface area (Å²) in [5.74, 6) is 0.423. The van der Waals surface area contributed by atoms with E-state index in [0.29, 0.717) is 0 Å². The Morgan fingerprint density at radius 1 is 1.22 bits per heavy atom. The van der Waals surface area contributed by atoms with E-state index in [-0.39, 0.29) is 11.8 Å². The summed E-state index contributed by atoms with van der Waals surface area (Å²) in [6.07, 6.45) is 7.06. The highest BCUT2D eigenvalue weighted by Gasteiger charge is 2.20. The van der Waals surface area contributed by atoms with E-state index in [1.54, 1.807) is 0 Å². The Bertz CT molecular complexity index is 423. The average molecular weight is 357 g/mol. The molecule has 0 atom stereocenters. The van der Waals surface area contributed by atoms with E-state index in [9.17, 15) is 4.79 Å². The second-order valence-corrected chi connectivity index (χ2v) is 6.25. The van der Waals surface area contributed by atoms with Crippen LogP contribution in [0.3, 0.4) is 0 Å². The van der Waals surface area contributed by atoms with Gasteiger partial charge in [-0.25, -0.2) is 0 Å². The largest absolute Gasteiger partial charge is 0.326 e. The van der Waals surface area contributed by atoms with Gasteiger partial charge in [0.15, 0.2) is 0 Å². The van der Waals surface area contributed by atoms with Crippen LogP contribution >= 0.6 is 22.6 Å². The van der Waals surface area contributed by atoms with Gasteiger partial charge >= 0.3 is 0 Å². The number of benzene rings is 1. The number of anilines is 1. The third-order valence-corrected chi connectivity index (χ3v) is 4.92. The van der Waals surface area contributed by atoms with Gasteiger partial charge in [0.05, 0.1) is 0 Å². The summed E-state index contributed by atoms with van der Waals surface area (Å²) in [4.78, 5) is 12.3. The van der Waals surface area contributed by atoms with Crippen LogP contribution in [-0.4, -0.2) is 5.91 Å². The molecule has 98 valence electrons. The van der Waals surface area contributed by atoms with Gasteiger partial charge in [-0.05, 0) is 60.1 Å². The summed E-state index contributed by atoms with van der Waals surface area (Å²) in [5.41, 5.74) is 2.14. The van der Waals surface area contributed by atoms with Crippen molar-refractivity contribution in [2.75, 3.05) is 5.32 Å². The van der Waals surface area contributed by atoms with Gasteiger partial charge in [-0.3, -0.25) is 4.79 Å². The quantitative estimate of drug-likeness (QED) is 0.613. The van der Waals surface area contributed by atoms with Crippen molar-refractivity contribution in [1.82, 2.24) is 0 Å². The molecule has 1 amide bonds. The molecule has 0 unspecified atom stereocenters. The van der Waals surface area contributed by atoms with Gasteiger partial charge < -0.3 is 5.32 Å². The van der Waals surface area contributed by atoms with Crippen LogP contribution < -0.4 is 5.32 Å². The lowest BCUT2D eigenvalue weighted by Gasteiger charge is -2.16. The van der Waals surface area contributed by atoms with Crippen LogP contribution in [0.5, 0.6) is 0 Å². The van der Waals surface area contributed by atoms with Gasteiger partial charge in [-0.1, -0.05) is 31.7 Å². The van der Waals surface area contributed by atoms with Crippen molar-refractivity contribution < 1.29 is 4.79 Å². The van der Waals surface area contributed by atoms with E-state index >= 15 is 0 Å². The number of nitrogens with one attached hydrogen (secondary N) is 1. The molecule has 3 heteroatoms. The molecule has 18 heavy (non-hydrogen) atoms. The number of rotatable bonds is 2. The summed E-state index contributed by atoms with van der Waals surface area (Å²) in [5, 5.41) is 3.10. The van der Waals surface area contributed by atoms with Crippen molar-refractivity contribution in [3.8, 4) is 0 Å². The Hall–Kier alpha value is -0.580. The third kappa shape index (κ3) is 3.46. The Kier molecular flexibility index (Phi) is 5.03. The first-order chi connectivity index (χ1) is 8.68. The van der Waals surface area contributed by atoms with E-state index in [1.165, 1.54) is 34.8 Å². The molecule has 1 saturated carbocycles. The van der Waals surface area contributed by atoms with Crippen LogP contribution in [0.2, 0.25) is 0 Å². The third-order valence-electron chi connectivity index (χ3n) is 3.75. The molecule has 1 fully saturated rings. The van der Waals surface area contributed by atoms with Crippen molar-refractivity contribution in [2.45, 2.75) is 45.4 Å². The lowest BCUT2D eigenvalue weighted by molar-refractivity contribution is -0.120. The highest BCUT2D eigenvalue weighted by molar-refractivity contribution is 14.1. The summed E-state index contributed by atoms with van der Waals surface area (Å²) >= 11 is 2.31. The molecule has 1 aromatic rings. The molecule has 0 spiro atoms. The molecule has 2 nitrogen and oxygen atoms in total. The van der Waals surface area contributed by atoms with Crippen LogP contribution in [0, 0.1) is 16.4 Å². The standard InChI is InChI=1S/C15H20INO/c1-11-13(16)9-6-10-14(11)17-15(18)12-7-4-2-3-5-8-12/h6,9-10,12H,2-5,7-8H2,1H3,(H,17,18). The Labute approximate surface area is 123 Å². The van der Waals surface area contributed by atoms with E-state index in [2.05, 4.69) is 40.9 Å². The summed E-state index contributed by atoms with van der Waals surface area (Å²) in [6.45, 7) is 2.06. The maximum atomic E-state index is 12.3. The Morgan fingerprint density at radius 3 is 2.56 bits per heavy atom. The molecule has 0 aromatic heterocycles. The number of hydrogen-bond acceptors (Lipinski definition) is 1.